The molecule has 3 nitrogen and oxygen atoms in total. The number of hydrogen-bond donors (Lipinski definition) is 0. The molecule has 0 aromatic rings. The number of carboxylic acids is 1. The molecule has 0 aliphatic heterocycles. The molecule has 148 valence electrons. The Hall–Kier alpha value is -0.830. The summed E-state index contributed by atoms with van der Waals surface area (Å²) in [7, 11) is 4.03. The lowest BCUT2D eigenvalue weighted by molar-refractivity contribution is -0.953. The molecule has 0 aliphatic carbocycles. The second kappa shape index (κ2) is 12.5. The van der Waals surface area contributed by atoms with Crippen LogP contribution in [-0.4, -0.2) is 36.1 Å². The van der Waals surface area contributed by atoms with Crippen LogP contribution >= 0.6 is 0 Å². The van der Waals surface area contributed by atoms with Crippen molar-refractivity contribution in [1.29, 1.82) is 0 Å². The van der Waals surface area contributed by atoms with Gasteiger partial charge in [0.2, 0.25) is 0 Å². The van der Waals surface area contributed by atoms with E-state index in [1.54, 1.807) is 6.08 Å². The first kappa shape index (κ1) is 24.2. The van der Waals surface area contributed by atoms with Crippen LogP contribution in [0.3, 0.4) is 0 Å². The van der Waals surface area contributed by atoms with E-state index in [-0.39, 0.29) is 6.04 Å². The molecule has 0 saturated carbocycles. The van der Waals surface area contributed by atoms with Gasteiger partial charge in [0.05, 0.1) is 20.1 Å². The van der Waals surface area contributed by atoms with E-state index >= 15 is 0 Å². The maximum absolute atomic E-state index is 12.1. The summed E-state index contributed by atoms with van der Waals surface area (Å²) in [6.45, 7) is 10.2. The van der Waals surface area contributed by atoms with Crippen molar-refractivity contribution in [2.24, 2.45) is 0 Å². The third kappa shape index (κ3) is 7.52. The maximum atomic E-state index is 12.1. The van der Waals surface area contributed by atoms with Crippen molar-refractivity contribution in [1.82, 2.24) is 0 Å². The largest absolute Gasteiger partial charge is 0.544 e. The third-order valence-corrected chi connectivity index (χ3v) is 6.20. The SMILES string of the molecule is C=CCC(CCCCCCCCCCCC)(C(=O)[O-])[N+](C)(C)C(C)C. The van der Waals surface area contributed by atoms with E-state index in [0.717, 1.165) is 12.8 Å². The van der Waals surface area contributed by atoms with Crippen molar-refractivity contribution in [2.45, 2.75) is 109 Å². The molecular weight excluding hydrogens is 310 g/mol. The Bertz CT molecular complexity index is 376. The topological polar surface area (TPSA) is 40.1 Å². The molecular formula is C22H43NO2. The molecule has 0 fully saturated rings. The van der Waals surface area contributed by atoms with Gasteiger partial charge in [-0.15, -0.1) is 6.58 Å². The summed E-state index contributed by atoms with van der Waals surface area (Å²) >= 11 is 0. The highest BCUT2D eigenvalue weighted by Crippen LogP contribution is 2.33. The molecule has 0 aliphatic rings. The first-order chi connectivity index (χ1) is 11.8. The van der Waals surface area contributed by atoms with E-state index in [4.69, 9.17) is 0 Å². The van der Waals surface area contributed by atoms with Crippen molar-refractivity contribution in [3.05, 3.63) is 12.7 Å². The number of quaternary nitrogens is 1. The summed E-state index contributed by atoms with van der Waals surface area (Å²) in [6.07, 6.45) is 15.5. The summed E-state index contributed by atoms with van der Waals surface area (Å²) in [5.74, 6) is -0.929. The minimum absolute atomic E-state index is 0.223. The fraction of sp³-hybridized carbons (Fsp3) is 0.864. The zero-order valence-corrected chi connectivity index (χ0v) is 17.6. The number of nitrogens with zero attached hydrogens (tertiary/aromatic N) is 1. The first-order valence-corrected chi connectivity index (χ1v) is 10.4. The Balaban J connectivity index is 4.38. The Labute approximate surface area is 157 Å². The van der Waals surface area contributed by atoms with Gasteiger partial charge < -0.3 is 14.4 Å². The molecule has 0 saturated heterocycles. The number of carboxylic acid groups (broad SMARTS) is 1. The van der Waals surface area contributed by atoms with Gasteiger partial charge in [-0.1, -0.05) is 70.8 Å². The number of aliphatic carboxylic acids is 1. The minimum atomic E-state index is -0.929. The summed E-state index contributed by atoms with van der Waals surface area (Å²) in [4.78, 5) is 12.1. The van der Waals surface area contributed by atoms with Crippen LogP contribution in [0.1, 0.15) is 97.8 Å². The predicted octanol–water partition coefficient (Wildman–Crippen LogP) is 4.85. The molecule has 3 heteroatoms. The molecule has 0 heterocycles. The maximum Gasteiger partial charge on any atom is 0.142 e. The number of carbonyl (C=O) groups excluding carboxylic acids is 1. The van der Waals surface area contributed by atoms with Gasteiger partial charge in [0.1, 0.15) is 11.5 Å². The van der Waals surface area contributed by atoms with Crippen LogP contribution in [0, 0.1) is 0 Å². The molecule has 0 bridgehead atoms. The third-order valence-electron chi connectivity index (χ3n) is 6.20. The average Bonchev–Trinajstić information content (AvgIpc) is 2.54. The monoisotopic (exact) mass is 353 g/mol. The van der Waals surface area contributed by atoms with E-state index in [9.17, 15) is 9.90 Å². The number of rotatable bonds is 16. The van der Waals surface area contributed by atoms with Gasteiger partial charge in [-0.3, -0.25) is 0 Å². The lowest BCUT2D eigenvalue weighted by atomic mass is 9.83. The molecule has 0 aromatic heterocycles. The van der Waals surface area contributed by atoms with E-state index in [1.165, 1.54) is 51.4 Å². The van der Waals surface area contributed by atoms with Crippen LogP contribution in [0.25, 0.3) is 0 Å². The van der Waals surface area contributed by atoms with Crippen LogP contribution in [0.15, 0.2) is 12.7 Å². The van der Waals surface area contributed by atoms with Crippen molar-refractivity contribution in [3.8, 4) is 0 Å². The van der Waals surface area contributed by atoms with E-state index in [2.05, 4.69) is 27.4 Å². The van der Waals surface area contributed by atoms with Crippen molar-refractivity contribution in [3.63, 3.8) is 0 Å². The quantitative estimate of drug-likeness (QED) is 0.226. The molecule has 0 radical (unpaired) electrons. The van der Waals surface area contributed by atoms with Crippen LogP contribution < -0.4 is 5.11 Å². The fourth-order valence-electron chi connectivity index (χ4n) is 3.68. The van der Waals surface area contributed by atoms with E-state index in [0.29, 0.717) is 17.3 Å². The number of hydrogen-bond acceptors (Lipinski definition) is 2. The van der Waals surface area contributed by atoms with Crippen LogP contribution in [0.5, 0.6) is 0 Å². The summed E-state index contributed by atoms with van der Waals surface area (Å²) in [5, 5.41) is 12.1. The van der Waals surface area contributed by atoms with E-state index < -0.39 is 11.5 Å². The second-order valence-electron chi connectivity index (χ2n) is 8.38. The highest BCUT2D eigenvalue weighted by molar-refractivity contribution is 5.75. The predicted molar refractivity (Wildman–Crippen MR) is 106 cm³/mol. The lowest BCUT2D eigenvalue weighted by Gasteiger charge is -2.52. The molecule has 25 heavy (non-hydrogen) atoms. The van der Waals surface area contributed by atoms with Gasteiger partial charge in [-0.2, -0.15) is 0 Å². The highest BCUT2D eigenvalue weighted by Gasteiger charge is 2.47. The van der Waals surface area contributed by atoms with Gasteiger partial charge in [0, 0.05) is 12.8 Å². The zero-order chi connectivity index (χ0) is 19.3. The van der Waals surface area contributed by atoms with Crippen LogP contribution in [0.4, 0.5) is 0 Å². The summed E-state index contributed by atoms with van der Waals surface area (Å²) < 4.78 is 0.443. The summed E-state index contributed by atoms with van der Waals surface area (Å²) in [5.41, 5.74) is -0.865. The number of unbranched alkanes of at least 4 members (excludes halogenated alkanes) is 9. The average molecular weight is 354 g/mol. The van der Waals surface area contributed by atoms with Gasteiger partial charge in [0.15, 0.2) is 0 Å². The first-order valence-electron chi connectivity index (χ1n) is 10.4. The van der Waals surface area contributed by atoms with Gasteiger partial charge in [-0.05, 0) is 20.3 Å². The van der Waals surface area contributed by atoms with Gasteiger partial charge >= 0.3 is 0 Å². The van der Waals surface area contributed by atoms with Crippen molar-refractivity contribution in [2.75, 3.05) is 14.1 Å². The normalized spacial score (nSPS) is 14.5. The van der Waals surface area contributed by atoms with Crippen molar-refractivity contribution >= 4 is 5.97 Å². The van der Waals surface area contributed by atoms with Gasteiger partial charge in [-0.25, -0.2) is 0 Å². The van der Waals surface area contributed by atoms with E-state index in [1.807, 2.05) is 14.1 Å². The molecule has 0 rings (SSSR count). The molecule has 0 aromatic carbocycles. The Morgan fingerprint density at radius 2 is 1.44 bits per heavy atom. The molecule has 0 N–H and O–H groups in total. The van der Waals surface area contributed by atoms with Crippen LogP contribution in [0.2, 0.25) is 0 Å². The Kier molecular flexibility index (Phi) is 12.1. The highest BCUT2D eigenvalue weighted by atomic mass is 16.4. The minimum Gasteiger partial charge on any atom is -0.544 e. The standard InChI is InChI=1S/C22H43NO2/c1-7-9-10-11-12-13-14-15-16-17-19-22(18-8-2,21(24)25)23(5,6)20(3)4/h8,20H,2,7,9-19H2,1,3-6H3. The van der Waals surface area contributed by atoms with Crippen molar-refractivity contribution < 1.29 is 14.4 Å². The Morgan fingerprint density at radius 1 is 1.00 bits per heavy atom. The molecule has 1 unspecified atom stereocenters. The summed E-state index contributed by atoms with van der Waals surface area (Å²) in [6, 6.07) is 0.223. The second-order valence-corrected chi connectivity index (χ2v) is 8.38. The van der Waals surface area contributed by atoms with Gasteiger partial charge in [0.25, 0.3) is 0 Å². The van der Waals surface area contributed by atoms with Crippen LogP contribution in [-0.2, 0) is 4.79 Å². The molecule has 0 amide bonds. The molecule has 0 spiro atoms. The molecule has 1 atom stereocenters. The Morgan fingerprint density at radius 3 is 1.80 bits per heavy atom. The zero-order valence-electron chi connectivity index (χ0n) is 17.6. The fourth-order valence-corrected chi connectivity index (χ4v) is 3.68. The smallest absolute Gasteiger partial charge is 0.142 e. The number of carbonyl (C=O) groups is 1. The lowest BCUT2D eigenvalue weighted by Crippen LogP contribution is -2.70. The number of likely N-dealkylation sites (N-methyl/N-ethyl adjacent to an activating group) is 1.